The summed E-state index contributed by atoms with van der Waals surface area (Å²) in [6.07, 6.45) is 2.52. The van der Waals surface area contributed by atoms with E-state index in [1.807, 2.05) is 30.3 Å². The molecule has 0 aliphatic heterocycles. The van der Waals surface area contributed by atoms with Gasteiger partial charge in [0.1, 0.15) is 11.5 Å². The van der Waals surface area contributed by atoms with Gasteiger partial charge in [0.2, 0.25) is 0 Å². The average molecular weight is 391 g/mol. The van der Waals surface area contributed by atoms with Crippen molar-refractivity contribution in [3.8, 4) is 0 Å². The van der Waals surface area contributed by atoms with Gasteiger partial charge in [-0.3, -0.25) is 14.6 Å². The van der Waals surface area contributed by atoms with Gasteiger partial charge < -0.3 is 10.6 Å². The lowest BCUT2D eigenvalue weighted by Gasteiger charge is -2.08. The summed E-state index contributed by atoms with van der Waals surface area (Å²) >= 11 is 0. The van der Waals surface area contributed by atoms with E-state index in [0.29, 0.717) is 24.1 Å². The van der Waals surface area contributed by atoms with Gasteiger partial charge in [-0.05, 0) is 42.2 Å². The minimum Gasteiger partial charge on any atom is -0.352 e. The monoisotopic (exact) mass is 391 g/mol. The number of nitrogens with one attached hydrogen (secondary N) is 2. The topological polar surface area (TPSA) is 71.1 Å². The van der Waals surface area contributed by atoms with Crippen molar-refractivity contribution in [2.45, 2.75) is 12.8 Å². The number of carbonyl (C=O) groups is 2. The van der Waals surface area contributed by atoms with Crippen molar-refractivity contribution >= 4 is 11.8 Å². The molecule has 2 N–H and O–H groups in total. The van der Waals surface area contributed by atoms with Gasteiger partial charge in [0.15, 0.2) is 0 Å². The van der Waals surface area contributed by atoms with Crippen molar-refractivity contribution in [3.05, 3.63) is 101 Å². The summed E-state index contributed by atoms with van der Waals surface area (Å²) in [5.74, 6) is -0.960. The lowest BCUT2D eigenvalue weighted by atomic mass is 10.1. The smallest absolute Gasteiger partial charge is 0.269 e. The van der Waals surface area contributed by atoms with Crippen LogP contribution >= 0.6 is 0 Å². The van der Waals surface area contributed by atoms with Crippen LogP contribution in [0.25, 0.3) is 0 Å². The lowest BCUT2D eigenvalue weighted by Crippen LogP contribution is -2.28. The molecular weight excluding hydrogens is 369 g/mol. The Hall–Kier alpha value is -3.54. The van der Waals surface area contributed by atoms with Crippen LogP contribution in [-0.2, 0) is 12.8 Å². The highest BCUT2D eigenvalue weighted by Crippen LogP contribution is 2.07. The van der Waals surface area contributed by atoms with E-state index in [1.165, 1.54) is 18.3 Å². The number of hydrogen-bond donors (Lipinski definition) is 2. The van der Waals surface area contributed by atoms with E-state index in [9.17, 15) is 14.0 Å². The van der Waals surface area contributed by atoms with E-state index in [4.69, 9.17) is 0 Å². The summed E-state index contributed by atoms with van der Waals surface area (Å²) in [5.41, 5.74) is 2.19. The van der Waals surface area contributed by atoms with Crippen molar-refractivity contribution in [3.63, 3.8) is 0 Å². The van der Waals surface area contributed by atoms with Crippen LogP contribution in [0.15, 0.2) is 72.9 Å². The molecule has 3 rings (SSSR count). The van der Waals surface area contributed by atoms with Crippen LogP contribution in [0.2, 0.25) is 0 Å². The molecule has 1 heterocycles. The van der Waals surface area contributed by atoms with Gasteiger partial charge in [-0.15, -0.1) is 0 Å². The molecule has 0 spiro atoms. The zero-order valence-corrected chi connectivity index (χ0v) is 15.9. The summed E-state index contributed by atoms with van der Waals surface area (Å²) in [5, 5.41) is 5.55. The highest BCUT2D eigenvalue weighted by atomic mass is 19.1. The van der Waals surface area contributed by atoms with Crippen LogP contribution in [0, 0.1) is 5.82 Å². The molecule has 5 nitrogen and oxygen atoms in total. The van der Waals surface area contributed by atoms with Gasteiger partial charge >= 0.3 is 0 Å². The van der Waals surface area contributed by atoms with Crippen LogP contribution in [0.3, 0.4) is 0 Å². The number of pyridine rings is 1. The molecule has 0 unspecified atom stereocenters. The van der Waals surface area contributed by atoms with Gasteiger partial charge in [-0.1, -0.05) is 48.5 Å². The van der Waals surface area contributed by atoms with Crippen molar-refractivity contribution < 1.29 is 14.0 Å². The molecular formula is C23H22FN3O2. The molecule has 2 amide bonds. The summed E-state index contributed by atoms with van der Waals surface area (Å²) < 4.78 is 13.6. The second-order valence-electron chi connectivity index (χ2n) is 6.52. The van der Waals surface area contributed by atoms with E-state index in [-0.39, 0.29) is 24.0 Å². The number of amides is 2. The van der Waals surface area contributed by atoms with Crippen LogP contribution < -0.4 is 10.6 Å². The molecule has 29 heavy (non-hydrogen) atoms. The van der Waals surface area contributed by atoms with E-state index in [1.54, 1.807) is 24.3 Å². The van der Waals surface area contributed by atoms with Gasteiger partial charge in [0.25, 0.3) is 11.8 Å². The predicted octanol–water partition coefficient (Wildman–Crippen LogP) is 3.17. The minimum atomic E-state index is -0.403. The largest absolute Gasteiger partial charge is 0.352 e. The van der Waals surface area contributed by atoms with Crippen molar-refractivity contribution in [2.24, 2.45) is 0 Å². The van der Waals surface area contributed by atoms with Crippen molar-refractivity contribution in [1.29, 1.82) is 0 Å². The second kappa shape index (κ2) is 10.1. The maximum absolute atomic E-state index is 13.6. The van der Waals surface area contributed by atoms with Crippen LogP contribution in [0.4, 0.5) is 4.39 Å². The van der Waals surface area contributed by atoms with Gasteiger partial charge in [0, 0.05) is 24.8 Å². The quantitative estimate of drug-likeness (QED) is 0.620. The fourth-order valence-electron chi connectivity index (χ4n) is 2.87. The van der Waals surface area contributed by atoms with Gasteiger partial charge in [-0.2, -0.15) is 0 Å². The number of nitrogens with zero attached hydrogens (tertiary/aromatic N) is 1. The minimum absolute atomic E-state index is 0.147. The maximum Gasteiger partial charge on any atom is 0.269 e. The number of rotatable bonds is 8. The Morgan fingerprint density at radius 2 is 1.52 bits per heavy atom. The number of carbonyl (C=O) groups excluding carboxylic acids is 2. The molecule has 1 aromatic heterocycles. The summed E-state index contributed by atoms with van der Waals surface area (Å²) in [7, 11) is 0. The van der Waals surface area contributed by atoms with E-state index in [0.717, 1.165) is 12.0 Å². The third kappa shape index (κ3) is 5.97. The molecule has 0 saturated heterocycles. The van der Waals surface area contributed by atoms with Crippen LogP contribution in [0.5, 0.6) is 0 Å². The Morgan fingerprint density at radius 3 is 2.31 bits per heavy atom. The summed E-state index contributed by atoms with van der Waals surface area (Å²) in [4.78, 5) is 28.7. The maximum atomic E-state index is 13.6. The standard InChI is InChI=1S/C23H22FN3O2/c24-20-9-5-4-8-18(20)11-15-27-23(29)21-16-19(12-14-25-21)22(28)26-13-10-17-6-2-1-3-7-17/h1-9,12,14,16H,10-11,13,15H2,(H,26,28)(H,27,29). The Morgan fingerprint density at radius 1 is 0.828 bits per heavy atom. The first-order valence-corrected chi connectivity index (χ1v) is 9.43. The average Bonchev–Trinajstić information content (AvgIpc) is 2.76. The SMILES string of the molecule is O=C(NCCc1ccccc1)c1ccnc(C(=O)NCCc2ccccc2F)c1. The normalized spacial score (nSPS) is 10.4. The first-order valence-electron chi connectivity index (χ1n) is 9.43. The molecule has 148 valence electrons. The molecule has 0 atom stereocenters. The molecule has 0 aliphatic carbocycles. The fourth-order valence-corrected chi connectivity index (χ4v) is 2.87. The zero-order valence-electron chi connectivity index (χ0n) is 15.9. The molecule has 2 aromatic carbocycles. The summed E-state index contributed by atoms with van der Waals surface area (Å²) in [6, 6.07) is 19.3. The van der Waals surface area contributed by atoms with E-state index < -0.39 is 5.91 Å². The van der Waals surface area contributed by atoms with E-state index >= 15 is 0 Å². The third-order valence-corrected chi connectivity index (χ3v) is 4.43. The van der Waals surface area contributed by atoms with Crippen LogP contribution in [0.1, 0.15) is 32.0 Å². The van der Waals surface area contributed by atoms with Crippen molar-refractivity contribution in [2.75, 3.05) is 13.1 Å². The predicted molar refractivity (Wildman–Crippen MR) is 109 cm³/mol. The molecule has 0 radical (unpaired) electrons. The Bertz CT molecular complexity index is 977. The molecule has 0 saturated carbocycles. The zero-order chi connectivity index (χ0) is 20.5. The highest BCUT2D eigenvalue weighted by Gasteiger charge is 2.12. The molecule has 3 aromatic rings. The second-order valence-corrected chi connectivity index (χ2v) is 6.52. The van der Waals surface area contributed by atoms with Gasteiger partial charge in [0.05, 0.1) is 0 Å². The number of aromatic nitrogens is 1. The fraction of sp³-hybridized carbons (Fsp3) is 0.174. The molecule has 0 bridgehead atoms. The number of halogens is 1. The van der Waals surface area contributed by atoms with Crippen LogP contribution in [-0.4, -0.2) is 29.9 Å². The summed E-state index contributed by atoms with van der Waals surface area (Å²) in [6.45, 7) is 0.768. The first-order chi connectivity index (χ1) is 14.1. The molecule has 0 aliphatic rings. The van der Waals surface area contributed by atoms with Gasteiger partial charge in [-0.25, -0.2) is 4.39 Å². The van der Waals surface area contributed by atoms with Crippen molar-refractivity contribution in [1.82, 2.24) is 15.6 Å². The third-order valence-electron chi connectivity index (χ3n) is 4.43. The lowest BCUT2D eigenvalue weighted by molar-refractivity contribution is 0.0949. The van der Waals surface area contributed by atoms with E-state index in [2.05, 4.69) is 15.6 Å². The Balaban J connectivity index is 1.50. The molecule has 0 fully saturated rings. The Kier molecular flexibility index (Phi) is 7.05. The molecule has 6 heteroatoms. The first kappa shape index (κ1) is 20.2. The number of benzene rings is 2. The number of hydrogen-bond acceptors (Lipinski definition) is 3. The Labute approximate surface area is 169 Å². The highest BCUT2D eigenvalue weighted by molar-refractivity contribution is 5.98.